The summed E-state index contributed by atoms with van der Waals surface area (Å²) in [5, 5.41) is 11.0. The normalized spacial score (nSPS) is 19.0. The van der Waals surface area contributed by atoms with Crippen molar-refractivity contribution in [2.24, 2.45) is 5.92 Å². The van der Waals surface area contributed by atoms with Crippen molar-refractivity contribution < 1.29 is 24.2 Å². The second kappa shape index (κ2) is 7.73. The van der Waals surface area contributed by atoms with Crippen LogP contribution in [-0.4, -0.2) is 60.6 Å². The molecule has 0 aromatic carbocycles. The molecular weight excluding hydrogens is 252 g/mol. The molecule has 7 nitrogen and oxygen atoms in total. The summed E-state index contributed by atoms with van der Waals surface area (Å²) in [5.74, 6) is -1.33. The van der Waals surface area contributed by atoms with Gasteiger partial charge < -0.3 is 20.1 Å². The summed E-state index contributed by atoms with van der Waals surface area (Å²) in [7, 11) is 0. The van der Waals surface area contributed by atoms with Crippen LogP contribution in [0, 0.1) is 5.92 Å². The van der Waals surface area contributed by atoms with Crippen LogP contribution in [0.3, 0.4) is 0 Å². The van der Waals surface area contributed by atoms with E-state index in [0.717, 1.165) is 12.8 Å². The first-order valence-corrected chi connectivity index (χ1v) is 6.33. The predicted molar refractivity (Wildman–Crippen MR) is 66.4 cm³/mol. The van der Waals surface area contributed by atoms with E-state index in [1.807, 2.05) is 0 Å². The van der Waals surface area contributed by atoms with Crippen molar-refractivity contribution in [1.29, 1.82) is 0 Å². The Morgan fingerprint density at radius 3 is 2.79 bits per heavy atom. The van der Waals surface area contributed by atoms with Crippen LogP contribution in [0.5, 0.6) is 0 Å². The Morgan fingerprint density at radius 1 is 1.42 bits per heavy atom. The van der Waals surface area contributed by atoms with E-state index in [9.17, 15) is 14.4 Å². The number of carboxylic acids is 1. The topological polar surface area (TPSA) is 95.9 Å². The zero-order valence-corrected chi connectivity index (χ0v) is 11.1. The van der Waals surface area contributed by atoms with Crippen LogP contribution < -0.4 is 5.32 Å². The Bertz CT molecular complexity index is 345. The number of rotatable bonds is 6. The molecule has 108 valence electrons. The number of nitrogens with one attached hydrogen (secondary N) is 1. The van der Waals surface area contributed by atoms with Gasteiger partial charge in [0.2, 0.25) is 11.8 Å². The number of amides is 2. The lowest BCUT2D eigenvalue weighted by molar-refractivity contribution is -0.142. The van der Waals surface area contributed by atoms with E-state index in [0.29, 0.717) is 13.1 Å². The van der Waals surface area contributed by atoms with Crippen molar-refractivity contribution in [2.45, 2.75) is 19.8 Å². The van der Waals surface area contributed by atoms with Gasteiger partial charge in [-0.1, -0.05) is 0 Å². The van der Waals surface area contributed by atoms with Gasteiger partial charge in [-0.3, -0.25) is 9.59 Å². The summed E-state index contributed by atoms with van der Waals surface area (Å²) in [5.41, 5.74) is 0. The van der Waals surface area contributed by atoms with E-state index in [1.165, 1.54) is 6.92 Å². The van der Waals surface area contributed by atoms with Crippen molar-refractivity contribution in [3.8, 4) is 0 Å². The van der Waals surface area contributed by atoms with E-state index < -0.39 is 5.97 Å². The summed E-state index contributed by atoms with van der Waals surface area (Å²) in [6, 6.07) is 0. The van der Waals surface area contributed by atoms with Gasteiger partial charge in [-0.15, -0.1) is 0 Å². The second-order valence-electron chi connectivity index (χ2n) is 4.54. The van der Waals surface area contributed by atoms with Gasteiger partial charge >= 0.3 is 5.97 Å². The zero-order valence-electron chi connectivity index (χ0n) is 11.1. The number of hydrogen-bond acceptors (Lipinski definition) is 4. The largest absolute Gasteiger partial charge is 0.480 e. The van der Waals surface area contributed by atoms with E-state index in [1.54, 1.807) is 4.90 Å². The maximum Gasteiger partial charge on any atom is 0.329 e. The van der Waals surface area contributed by atoms with Crippen molar-refractivity contribution in [1.82, 2.24) is 10.2 Å². The number of likely N-dealkylation sites (tertiary alicyclic amines) is 1. The van der Waals surface area contributed by atoms with Crippen LogP contribution >= 0.6 is 0 Å². The SMILES string of the molecule is CC(=O)N1CCCC(C(=O)NCCOCC(=O)O)C1. The first-order valence-electron chi connectivity index (χ1n) is 6.33. The molecule has 0 bridgehead atoms. The fourth-order valence-electron chi connectivity index (χ4n) is 2.03. The summed E-state index contributed by atoms with van der Waals surface area (Å²) >= 11 is 0. The lowest BCUT2D eigenvalue weighted by Crippen LogP contribution is -2.45. The summed E-state index contributed by atoms with van der Waals surface area (Å²) in [6.07, 6.45) is 1.60. The molecular formula is C12H20N2O5. The summed E-state index contributed by atoms with van der Waals surface area (Å²) in [6.45, 7) is 2.75. The average Bonchev–Trinajstić information content (AvgIpc) is 2.37. The lowest BCUT2D eigenvalue weighted by Gasteiger charge is -2.31. The van der Waals surface area contributed by atoms with Crippen LogP contribution in [0.15, 0.2) is 0 Å². The molecule has 1 fully saturated rings. The minimum absolute atomic E-state index is 0.0118. The number of nitrogens with zero attached hydrogens (tertiary/aromatic N) is 1. The highest BCUT2D eigenvalue weighted by Crippen LogP contribution is 2.16. The van der Waals surface area contributed by atoms with Crippen LogP contribution in [0.2, 0.25) is 0 Å². The Labute approximate surface area is 111 Å². The maximum absolute atomic E-state index is 11.8. The number of aliphatic carboxylic acids is 1. The monoisotopic (exact) mass is 272 g/mol. The molecule has 0 aromatic heterocycles. The highest BCUT2D eigenvalue weighted by Gasteiger charge is 2.26. The summed E-state index contributed by atoms with van der Waals surface area (Å²) < 4.78 is 4.81. The highest BCUT2D eigenvalue weighted by atomic mass is 16.5. The average molecular weight is 272 g/mol. The third-order valence-electron chi connectivity index (χ3n) is 3.01. The molecule has 0 aliphatic carbocycles. The Morgan fingerprint density at radius 2 is 2.16 bits per heavy atom. The predicted octanol–water partition coefficient (Wildman–Crippen LogP) is -0.538. The fraction of sp³-hybridized carbons (Fsp3) is 0.750. The molecule has 1 heterocycles. The summed E-state index contributed by atoms with van der Waals surface area (Å²) in [4.78, 5) is 35.0. The number of piperidine rings is 1. The second-order valence-corrected chi connectivity index (χ2v) is 4.54. The smallest absolute Gasteiger partial charge is 0.329 e. The third kappa shape index (κ3) is 5.69. The maximum atomic E-state index is 11.8. The van der Waals surface area contributed by atoms with Crippen molar-refractivity contribution in [3.05, 3.63) is 0 Å². The molecule has 1 rings (SSSR count). The van der Waals surface area contributed by atoms with E-state index in [4.69, 9.17) is 9.84 Å². The number of carbonyl (C=O) groups is 3. The minimum Gasteiger partial charge on any atom is -0.480 e. The van der Waals surface area contributed by atoms with Gasteiger partial charge in [-0.05, 0) is 12.8 Å². The van der Waals surface area contributed by atoms with Gasteiger partial charge in [0.25, 0.3) is 0 Å². The molecule has 0 aromatic rings. The van der Waals surface area contributed by atoms with Gasteiger partial charge in [-0.2, -0.15) is 0 Å². The van der Waals surface area contributed by atoms with Gasteiger partial charge in [0, 0.05) is 26.6 Å². The molecule has 0 saturated carbocycles. The molecule has 1 saturated heterocycles. The van der Waals surface area contributed by atoms with Crippen LogP contribution in [0.25, 0.3) is 0 Å². The number of ether oxygens (including phenoxy) is 1. The zero-order chi connectivity index (χ0) is 14.3. The van der Waals surface area contributed by atoms with Gasteiger partial charge in [0.05, 0.1) is 12.5 Å². The first kappa shape index (κ1) is 15.4. The molecule has 1 atom stereocenters. The van der Waals surface area contributed by atoms with Crippen molar-refractivity contribution in [3.63, 3.8) is 0 Å². The van der Waals surface area contributed by atoms with Gasteiger partial charge in [-0.25, -0.2) is 4.79 Å². The molecule has 1 unspecified atom stereocenters. The van der Waals surface area contributed by atoms with Crippen molar-refractivity contribution >= 4 is 17.8 Å². The van der Waals surface area contributed by atoms with Gasteiger partial charge in [0.15, 0.2) is 0 Å². The molecule has 1 aliphatic rings. The number of carbonyl (C=O) groups excluding carboxylic acids is 2. The molecule has 0 radical (unpaired) electrons. The molecule has 2 N–H and O–H groups in total. The Hall–Kier alpha value is -1.63. The van der Waals surface area contributed by atoms with E-state index >= 15 is 0 Å². The van der Waals surface area contributed by atoms with Crippen molar-refractivity contribution in [2.75, 3.05) is 32.8 Å². The molecule has 0 spiro atoms. The number of hydrogen-bond donors (Lipinski definition) is 2. The quantitative estimate of drug-likeness (QED) is 0.633. The van der Waals surface area contributed by atoms with E-state index in [-0.39, 0.29) is 37.5 Å². The van der Waals surface area contributed by atoms with Crippen LogP contribution in [0.1, 0.15) is 19.8 Å². The highest BCUT2D eigenvalue weighted by molar-refractivity contribution is 5.80. The standard InChI is InChI=1S/C12H20N2O5/c1-9(15)14-5-2-3-10(7-14)12(18)13-4-6-19-8-11(16)17/h10H,2-8H2,1H3,(H,13,18)(H,16,17). The Balaban J connectivity index is 2.21. The minimum atomic E-state index is -1.03. The first-order chi connectivity index (χ1) is 9.00. The number of carboxylic acid groups (broad SMARTS) is 1. The molecule has 1 aliphatic heterocycles. The third-order valence-corrected chi connectivity index (χ3v) is 3.01. The Kier molecular flexibility index (Phi) is 6.27. The fourth-order valence-corrected chi connectivity index (χ4v) is 2.03. The molecule has 19 heavy (non-hydrogen) atoms. The van der Waals surface area contributed by atoms with E-state index in [2.05, 4.69) is 5.32 Å². The van der Waals surface area contributed by atoms with Crippen LogP contribution in [0.4, 0.5) is 0 Å². The molecule has 7 heteroatoms. The van der Waals surface area contributed by atoms with Crippen LogP contribution in [-0.2, 0) is 19.1 Å². The molecule has 2 amide bonds. The lowest BCUT2D eigenvalue weighted by atomic mass is 9.97. The van der Waals surface area contributed by atoms with Gasteiger partial charge in [0.1, 0.15) is 6.61 Å².